The van der Waals surface area contributed by atoms with E-state index in [0.717, 1.165) is 54.2 Å². The summed E-state index contributed by atoms with van der Waals surface area (Å²) in [4.78, 5) is 4.87. The number of ether oxygens (including phenoxy) is 1. The van der Waals surface area contributed by atoms with E-state index in [4.69, 9.17) is 4.74 Å². The maximum Gasteiger partial charge on any atom is 0.132 e. The Bertz CT molecular complexity index is 2350. The summed E-state index contributed by atoms with van der Waals surface area (Å²) in [6.07, 6.45) is 13.5. The summed E-state index contributed by atoms with van der Waals surface area (Å²) in [6, 6.07) is 56.8. The van der Waals surface area contributed by atoms with Crippen molar-refractivity contribution in [1.29, 1.82) is 0 Å². The lowest BCUT2D eigenvalue weighted by Gasteiger charge is -2.41. The summed E-state index contributed by atoms with van der Waals surface area (Å²) < 4.78 is 6.73. The number of nitrogens with zero attached hydrogens (tertiary/aromatic N) is 2. The number of hydrogen-bond acceptors (Lipinski definition) is 3. The van der Waals surface area contributed by atoms with Gasteiger partial charge in [0.1, 0.15) is 11.5 Å². The molecule has 0 bridgehead atoms. The topological polar surface area (TPSA) is 15.7 Å². The van der Waals surface area contributed by atoms with Gasteiger partial charge < -0.3 is 14.5 Å². The summed E-state index contributed by atoms with van der Waals surface area (Å²) in [6.45, 7) is 0. The van der Waals surface area contributed by atoms with Crippen LogP contribution in [0.5, 0.6) is 11.5 Å². The van der Waals surface area contributed by atoms with Crippen molar-refractivity contribution in [2.45, 2.75) is 31.1 Å². The molecule has 250 valence electrons. The Hall–Kier alpha value is -6.32. The number of anilines is 4. The van der Waals surface area contributed by atoms with Gasteiger partial charge in [0.25, 0.3) is 0 Å². The quantitative estimate of drug-likeness (QED) is 0.175. The maximum atomic E-state index is 6.73. The Morgan fingerprint density at radius 2 is 1.08 bits per heavy atom. The third-order valence-electron chi connectivity index (χ3n) is 11.0. The molecular formula is C49H38N2O. The van der Waals surface area contributed by atoms with Crippen LogP contribution in [-0.2, 0) is 5.41 Å². The van der Waals surface area contributed by atoms with Crippen LogP contribution in [0.15, 0.2) is 199 Å². The maximum absolute atomic E-state index is 6.73. The minimum Gasteiger partial charge on any atom is -0.457 e. The Morgan fingerprint density at radius 1 is 0.500 bits per heavy atom. The fraction of sp³-hybridized carbons (Fsp3) is 0.102. The number of fused-ring (bicyclic) bond motifs is 8. The molecule has 3 nitrogen and oxygen atoms in total. The van der Waals surface area contributed by atoms with E-state index in [1.165, 1.54) is 50.5 Å². The standard InChI is InChI=1S/C49H38N2O/c1-5-17-35(18-6-1)50(36-19-7-2-8-20-36)39-29-31-41-42-32-30-40(51(37-21-9-3-10-22-37)38-23-11-4-12-24-38)34-46(42)49(45(41)33-39)43-25-13-15-27-47(43)52-48-28-16-14-26-44(48)49/h1-3,5-11,13-29,31,33-34H,4,12,30,32H2. The molecule has 6 aromatic rings. The molecule has 52 heavy (non-hydrogen) atoms. The largest absolute Gasteiger partial charge is 0.457 e. The number of allylic oxidation sites excluding steroid dienone is 7. The van der Waals surface area contributed by atoms with Crippen molar-refractivity contribution >= 4 is 28.3 Å². The molecule has 10 rings (SSSR count). The van der Waals surface area contributed by atoms with Gasteiger partial charge in [-0.15, -0.1) is 0 Å². The van der Waals surface area contributed by atoms with Crippen LogP contribution in [0, 0.1) is 0 Å². The summed E-state index contributed by atoms with van der Waals surface area (Å²) >= 11 is 0. The molecule has 1 aliphatic heterocycles. The Morgan fingerprint density at radius 3 is 1.67 bits per heavy atom. The lowest BCUT2D eigenvalue weighted by molar-refractivity contribution is 0.435. The van der Waals surface area contributed by atoms with Crippen LogP contribution in [0.4, 0.5) is 22.7 Å². The molecule has 0 aromatic heterocycles. The van der Waals surface area contributed by atoms with Crippen LogP contribution in [0.25, 0.3) is 5.57 Å². The van der Waals surface area contributed by atoms with Crippen LogP contribution in [0.3, 0.4) is 0 Å². The summed E-state index contributed by atoms with van der Waals surface area (Å²) in [5.74, 6) is 1.82. The summed E-state index contributed by atoms with van der Waals surface area (Å²) in [7, 11) is 0. The molecule has 0 fully saturated rings. The molecule has 0 amide bonds. The molecule has 0 unspecified atom stereocenters. The lowest BCUT2D eigenvalue weighted by Crippen LogP contribution is -2.34. The smallest absolute Gasteiger partial charge is 0.132 e. The molecule has 1 spiro atoms. The number of rotatable bonds is 6. The highest BCUT2D eigenvalue weighted by Gasteiger charge is 2.52. The van der Waals surface area contributed by atoms with E-state index in [-0.39, 0.29) is 0 Å². The second-order valence-corrected chi connectivity index (χ2v) is 13.9. The van der Waals surface area contributed by atoms with E-state index in [1.807, 2.05) is 0 Å². The molecule has 0 radical (unpaired) electrons. The highest BCUT2D eigenvalue weighted by atomic mass is 16.5. The zero-order valence-electron chi connectivity index (χ0n) is 29.0. The molecule has 3 aliphatic carbocycles. The van der Waals surface area contributed by atoms with Gasteiger partial charge in [0.05, 0.1) is 5.41 Å². The van der Waals surface area contributed by atoms with Gasteiger partial charge in [-0.2, -0.15) is 0 Å². The minimum atomic E-state index is -0.573. The predicted molar refractivity (Wildman–Crippen MR) is 214 cm³/mol. The fourth-order valence-corrected chi connectivity index (χ4v) is 8.89. The minimum absolute atomic E-state index is 0.573. The van der Waals surface area contributed by atoms with Crippen molar-refractivity contribution in [3.63, 3.8) is 0 Å². The third-order valence-corrected chi connectivity index (χ3v) is 11.0. The molecule has 6 aromatic carbocycles. The molecule has 0 atom stereocenters. The first kappa shape index (κ1) is 30.5. The molecule has 0 saturated carbocycles. The zero-order valence-corrected chi connectivity index (χ0v) is 29.0. The first-order valence-electron chi connectivity index (χ1n) is 18.4. The van der Waals surface area contributed by atoms with E-state index in [2.05, 4.69) is 192 Å². The van der Waals surface area contributed by atoms with Crippen molar-refractivity contribution in [3.05, 3.63) is 221 Å². The third kappa shape index (κ3) is 4.73. The first-order valence-corrected chi connectivity index (χ1v) is 18.4. The van der Waals surface area contributed by atoms with Crippen molar-refractivity contribution in [2.75, 3.05) is 9.80 Å². The lowest BCUT2D eigenvalue weighted by atomic mass is 9.64. The summed E-state index contributed by atoms with van der Waals surface area (Å²) in [5.41, 5.74) is 14.3. The van der Waals surface area contributed by atoms with Crippen LogP contribution in [0.2, 0.25) is 0 Å². The van der Waals surface area contributed by atoms with Gasteiger partial charge in [-0.25, -0.2) is 0 Å². The van der Waals surface area contributed by atoms with Gasteiger partial charge >= 0.3 is 0 Å². The van der Waals surface area contributed by atoms with E-state index >= 15 is 0 Å². The second kappa shape index (κ2) is 12.5. The number of hydrogen-bond donors (Lipinski definition) is 0. The Balaban J connectivity index is 1.24. The normalized spacial score (nSPS) is 16.2. The van der Waals surface area contributed by atoms with Crippen LogP contribution in [0.1, 0.15) is 47.9 Å². The van der Waals surface area contributed by atoms with Crippen LogP contribution >= 0.6 is 0 Å². The monoisotopic (exact) mass is 670 g/mol. The van der Waals surface area contributed by atoms with Crippen LogP contribution in [-0.4, -0.2) is 0 Å². The predicted octanol–water partition coefficient (Wildman–Crippen LogP) is 12.8. The fourth-order valence-electron chi connectivity index (χ4n) is 8.89. The average molecular weight is 671 g/mol. The molecule has 0 saturated heterocycles. The van der Waals surface area contributed by atoms with Gasteiger partial charge in [0, 0.05) is 45.3 Å². The molecule has 1 heterocycles. The van der Waals surface area contributed by atoms with Gasteiger partial charge in [-0.05, 0) is 121 Å². The average Bonchev–Trinajstić information content (AvgIpc) is 3.49. The number of para-hydroxylation sites is 5. The molecule has 0 N–H and O–H groups in total. The van der Waals surface area contributed by atoms with Crippen molar-refractivity contribution in [2.24, 2.45) is 0 Å². The van der Waals surface area contributed by atoms with E-state index < -0.39 is 5.41 Å². The van der Waals surface area contributed by atoms with Gasteiger partial charge in [0.15, 0.2) is 0 Å². The highest BCUT2D eigenvalue weighted by Crippen LogP contribution is 2.63. The second-order valence-electron chi connectivity index (χ2n) is 13.9. The molecular weight excluding hydrogens is 633 g/mol. The van der Waals surface area contributed by atoms with Crippen molar-refractivity contribution in [1.82, 2.24) is 0 Å². The Kier molecular flexibility index (Phi) is 7.31. The van der Waals surface area contributed by atoms with Crippen molar-refractivity contribution < 1.29 is 4.74 Å². The SMILES string of the molecule is C1=CC(N(C2=CC3=C(CC2)c2ccc(N(c4ccccc4)c4ccccc4)cc2C32c3ccccc3Oc3ccccc32)c2ccccc2)=CCC1. The van der Waals surface area contributed by atoms with Gasteiger partial charge in [-0.1, -0.05) is 109 Å². The van der Waals surface area contributed by atoms with E-state index in [0.29, 0.717) is 0 Å². The summed E-state index contributed by atoms with van der Waals surface area (Å²) in [5, 5.41) is 0. The Labute approximate surface area is 305 Å². The number of benzene rings is 6. The highest BCUT2D eigenvalue weighted by molar-refractivity contribution is 5.93. The molecule has 3 heteroatoms. The van der Waals surface area contributed by atoms with Gasteiger partial charge in [-0.3, -0.25) is 0 Å². The van der Waals surface area contributed by atoms with Crippen molar-refractivity contribution in [3.8, 4) is 11.5 Å². The van der Waals surface area contributed by atoms with E-state index in [9.17, 15) is 0 Å². The zero-order chi connectivity index (χ0) is 34.5. The van der Waals surface area contributed by atoms with Gasteiger partial charge in [0.2, 0.25) is 0 Å². The first-order chi connectivity index (χ1) is 25.8. The molecule has 4 aliphatic rings. The van der Waals surface area contributed by atoms with Crippen LogP contribution < -0.4 is 14.5 Å². The van der Waals surface area contributed by atoms with E-state index in [1.54, 1.807) is 0 Å².